The molecule has 0 saturated carbocycles. The van der Waals surface area contributed by atoms with Crippen molar-refractivity contribution in [2.45, 2.75) is 45.4 Å². The summed E-state index contributed by atoms with van der Waals surface area (Å²) in [6.07, 6.45) is 12.8. The van der Waals surface area contributed by atoms with Crippen LogP contribution in [0, 0.1) is 0 Å². The Labute approximate surface area is 140 Å². The Balaban J connectivity index is 1.74. The van der Waals surface area contributed by atoms with Gasteiger partial charge in [0.05, 0.1) is 11.1 Å². The van der Waals surface area contributed by atoms with E-state index < -0.39 is 0 Å². The largest absolute Gasteiger partial charge is 0.478 e. The van der Waals surface area contributed by atoms with E-state index >= 15 is 0 Å². The minimum absolute atomic E-state index is 0.661. The standard InChI is InChI=1S/C17H22BrN3O/c1-2-3-4-5-6-7-10-22-16-9-8-14(11-19-16)17-20-12-15(18)13-21-17/h8-9,11-13H,2-7,10H2,1H3. The first-order valence-electron chi connectivity index (χ1n) is 7.86. The summed E-state index contributed by atoms with van der Waals surface area (Å²) in [6, 6.07) is 3.81. The zero-order valence-corrected chi connectivity index (χ0v) is 14.6. The van der Waals surface area contributed by atoms with Gasteiger partial charge in [0.2, 0.25) is 5.88 Å². The van der Waals surface area contributed by atoms with Crippen molar-refractivity contribution in [2.75, 3.05) is 6.61 Å². The number of ether oxygens (including phenoxy) is 1. The molecule has 4 nitrogen and oxygen atoms in total. The van der Waals surface area contributed by atoms with Crippen LogP contribution in [0.1, 0.15) is 45.4 Å². The molecular formula is C17H22BrN3O. The maximum atomic E-state index is 5.66. The molecule has 2 heterocycles. The molecule has 0 atom stereocenters. The lowest BCUT2D eigenvalue weighted by molar-refractivity contribution is 0.293. The van der Waals surface area contributed by atoms with Crippen LogP contribution in [0.3, 0.4) is 0 Å². The second-order valence-electron chi connectivity index (χ2n) is 5.23. The van der Waals surface area contributed by atoms with E-state index in [2.05, 4.69) is 37.8 Å². The van der Waals surface area contributed by atoms with Gasteiger partial charge >= 0.3 is 0 Å². The third-order valence-electron chi connectivity index (χ3n) is 3.36. The predicted molar refractivity (Wildman–Crippen MR) is 91.8 cm³/mol. The van der Waals surface area contributed by atoms with Crippen LogP contribution in [0.5, 0.6) is 5.88 Å². The van der Waals surface area contributed by atoms with Crippen LogP contribution in [0.2, 0.25) is 0 Å². The van der Waals surface area contributed by atoms with E-state index in [0.29, 0.717) is 11.7 Å². The number of pyridine rings is 1. The van der Waals surface area contributed by atoms with Crippen LogP contribution in [-0.4, -0.2) is 21.6 Å². The summed E-state index contributed by atoms with van der Waals surface area (Å²) in [6.45, 7) is 2.96. The van der Waals surface area contributed by atoms with Crippen molar-refractivity contribution < 1.29 is 4.74 Å². The van der Waals surface area contributed by atoms with Gasteiger partial charge in [-0.15, -0.1) is 0 Å². The molecule has 0 aliphatic carbocycles. The van der Waals surface area contributed by atoms with Gasteiger partial charge in [0.1, 0.15) is 0 Å². The van der Waals surface area contributed by atoms with E-state index in [1.54, 1.807) is 18.6 Å². The van der Waals surface area contributed by atoms with Gasteiger partial charge < -0.3 is 4.74 Å². The molecule has 22 heavy (non-hydrogen) atoms. The summed E-state index contributed by atoms with van der Waals surface area (Å²) in [5.74, 6) is 1.33. The lowest BCUT2D eigenvalue weighted by Crippen LogP contribution is -1.99. The predicted octanol–water partition coefficient (Wildman–Crippen LogP) is 5.04. The Morgan fingerprint density at radius 2 is 1.64 bits per heavy atom. The first kappa shape index (κ1) is 16.9. The summed E-state index contributed by atoms with van der Waals surface area (Å²) >= 11 is 3.32. The van der Waals surface area contributed by atoms with Gasteiger partial charge in [-0.1, -0.05) is 39.0 Å². The van der Waals surface area contributed by atoms with Crippen LogP contribution < -0.4 is 4.74 Å². The quantitative estimate of drug-likeness (QED) is 0.585. The number of hydrogen-bond acceptors (Lipinski definition) is 4. The van der Waals surface area contributed by atoms with Gasteiger partial charge in [0.15, 0.2) is 5.82 Å². The van der Waals surface area contributed by atoms with Crippen molar-refractivity contribution in [3.05, 3.63) is 35.2 Å². The second kappa shape index (κ2) is 9.51. The number of halogens is 1. The maximum absolute atomic E-state index is 5.66. The fourth-order valence-electron chi connectivity index (χ4n) is 2.12. The third-order valence-corrected chi connectivity index (χ3v) is 3.77. The molecule has 0 saturated heterocycles. The smallest absolute Gasteiger partial charge is 0.213 e. The number of unbranched alkanes of at least 4 members (excludes halogenated alkanes) is 5. The SMILES string of the molecule is CCCCCCCCOc1ccc(-c2ncc(Br)cn2)cn1. The summed E-state index contributed by atoms with van der Waals surface area (Å²) in [4.78, 5) is 12.8. The lowest BCUT2D eigenvalue weighted by atomic mass is 10.1. The molecule has 2 aromatic heterocycles. The second-order valence-corrected chi connectivity index (χ2v) is 6.14. The third kappa shape index (κ3) is 5.72. The molecule has 0 aromatic carbocycles. The van der Waals surface area contributed by atoms with E-state index in [1.165, 1.54) is 32.1 Å². The van der Waals surface area contributed by atoms with Crippen LogP contribution in [-0.2, 0) is 0 Å². The Morgan fingerprint density at radius 1 is 0.909 bits per heavy atom. The van der Waals surface area contributed by atoms with Gasteiger partial charge in [-0.3, -0.25) is 0 Å². The number of rotatable bonds is 9. The van der Waals surface area contributed by atoms with E-state index in [1.807, 2.05) is 12.1 Å². The van der Waals surface area contributed by atoms with Crippen molar-refractivity contribution in [2.24, 2.45) is 0 Å². The number of hydrogen-bond donors (Lipinski definition) is 0. The molecule has 5 heteroatoms. The van der Waals surface area contributed by atoms with E-state index in [4.69, 9.17) is 4.74 Å². The molecule has 0 amide bonds. The van der Waals surface area contributed by atoms with Gasteiger partial charge in [0, 0.05) is 30.2 Å². The molecule has 2 rings (SSSR count). The first-order chi connectivity index (χ1) is 10.8. The van der Waals surface area contributed by atoms with E-state index in [0.717, 1.165) is 23.1 Å². The van der Waals surface area contributed by atoms with Gasteiger partial charge in [0.25, 0.3) is 0 Å². The Hall–Kier alpha value is -1.49. The van der Waals surface area contributed by atoms with Gasteiger partial charge in [-0.2, -0.15) is 0 Å². The molecule has 2 aromatic rings. The Kier molecular flexibility index (Phi) is 7.30. The molecule has 0 fully saturated rings. The molecule has 0 bridgehead atoms. The molecular weight excluding hydrogens is 342 g/mol. The first-order valence-corrected chi connectivity index (χ1v) is 8.65. The highest BCUT2D eigenvalue weighted by Gasteiger charge is 2.02. The van der Waals surface area contributed by atoms with Crippen LogP contribution in [0.4, 0.5) is 0 Å². The topological polar surface area (TPSA) is 47.9 Å². The Bertz CT molecular complexity index is 543. The molecule has 118 valence electrons. The maximum Gasteiger partial charge on any atom is 0.213 e. The van der Waals surface area contributed by atoms with Crippen molar-refractivity contribution in [3.63, 3.8) is 0 Å². The molecule has 0 spiro atoms. The van der Waals surface area contributed by atoms with E-state index in [9.17, 15) is 0 Å². The minimum atomic E-state index is 0.661. The highest BCUT2D eigenvalue weighted by atomic mass is 79.9. The van der Waals surface area contributed by atoms with Gasteiger partial charge in [-0.25, -0.2) is 15.0 Å². The summed E-state index contributed by atoms with van der Waals surface area (Å²) in [7, 11) is 0. The average Bonchev–Trinajstić information content (AvgIpc) is 2.55. The molecule has 0 unspecified atom stereocenters. The van der Waals surface area contributed by atoms with Crippen LogP contribution in [0.25, 0.3) is 11.4 Å². The fourth-order valence-corrected chi connectivity index (χ4v) is 2.32. The molecule has 0 radical (unpaired) electrons. The highest BCUT2D eigenvalue weighted by Crippen LogP contribution is 2.17. The minimum Gasteiger partial charge on any atom is -0.478 e. The summed E-state index contributed by atoms with van der Waals surface area (Å²) < 4.78 is 6.53. The zero-order chi connectivity index (χ0) is 15.6. The number of aromatic nitrogens is 3. The van der Waals surface area contributed by atoms with E-state index in [-0.39, 0.29) is 0 Å². The molecule has 0 N–H and O–H groups in total. The average molecular weight is 364 g/mol. The highest BCUT2D eigenvalue weighted by molar-refractivity contribution is 9.10. The zero-order valence-electron chi connectivity index (χ0n) is 13.0. The summed E-state index contributed by atoms with van der Waals surface area (Å²) in [5, 5.41) is 0. The molecule has 0 aliphatic rings. The molecule has 0 aliphatic heterocycles. The van der Waals surface area contributed by atoms with Crippen molar-refractivity contribution in [1.29, 1.82) is 0 Å². The lowest BCUT2D eigenvalue weighted by Gasteiger charge is -2.06. The van der Waals surface area contributed by atoms with Gasteiger partial charge in [-0.05, 0) is 28.4 Å². The summed E-state index contributed by atoms with van der Waals surface area (Å²) in [5.41, 5.74) is 0.888. The van der Waals surface area contributed by atoms with Crippen LogP contribution in [0.15, 0.2) is 35.2 Å². The van der Waals surface area contributed by atoms with Crippen molar-refractivity contribution in [1.82, 2.24) is 15.0 Å². The fraction of sp³-hybridized carbons (Fsp3) is 0.471. The number of nitrogens with zero attached hydrogens (tertiary/aromatic N) is 3. The van der Waals surface area contributed by atoms with Crippen molar-refractivity contribution >= 4 is 15.9 Å². The Morgan fingerprint density at radius 3 is 2.32 bits per heavy atom. The van der Waals surface area contributed by atoms with Crippen LogP contribution >= 0.6 is 15.9 Å². The van der Waals surface area contributed by atoms with Crippen molar-refractivity contribution in [3.8, 4) is 17.3 Å². The monoisotopic (exact) mass is 363 g/mol. The normalized spacial score (nSPS) is 10.6.